The van der Waals surface area contributed by atoms with Gasteiger partial charge in [-0.15, -0.1) is 23.2 Å². The number of aromatic nitrogens is 2. The first-order valence-corrected chi connectivity index (χ1v) is 10.2. The molecule has 140 valence electrons. The number of imidazole rings is 1. The summed E-state index contributed by atoms with van der Waals surface area (Å²) >= 11 is 11.4. The van der Waals surface area contributed by atoms with E-state index in [9.17, 15) is 4.57 Å². The quantitative estimate of drug-likeness (QED) is 0.458. The van der Waals surface area contributed by atoms with Crippen LogP contribution in [0, 0.1) is 0 Å². The third kappa shape index (κ3) is 4.78. The van der Waals surface area contributed by atoms with E-state index in [-0.39, 0.29) is 18.4 Å². The zero-order chi connectivity index (χ0) is 18.4. The Morgan fingerprint density at radius 1 is 1.20 bits per heavy atom. The minimum Gasteiger partial charge on any atom is -0.494 e. The van der Waals surface area contributed by atoms with Crippen molar-refractivity contribution >= 4 is 41.9 Å². The van der Waals surface area contributed by atoms with Crippen molar-refractivity contribution in [1.29, 1.82) is 0 Å². The van der Waals surface area contributed by atoms with Gasteiger partial charge in [0.25, 0.3) is 0 Å². The van der Waals surface area contributed by atoms with Crippen molar-refractivity contribution in [2.45, 2.75) is 6.61 Å². The van der Waals surface area contributed by atoms with Gasteiger partial charge in [0.15, 0.2) is 0 Å². The Kier molecular flexibility index (Phi) is 7.37. The number of rotatable bonds is 10. The van der Waals surface area contributed by atoms with Crippen molar-refractivity contribution < 1.29 is 18.6 Å². The molecule has 25 heavy (non-hydrogen) atoms. The maximum Gasteiger partial charge on any atom is 0.341 e. The molecular formula is C14H21Cl2N4O4P. The molecule has 2 rings (SSSR count). The molecule has 0 amide bonds. The van der Waals surface area contributed by atoms with Crippen LogP contribution < -0.4 is 15.0 Å². The molecule has 8 nitrogen and oxygen atoms in total. The summed E-state index contributed by atoms with van der Waals surface area (Å²) < 4.78 is 30.1. The van der Waals surface area contributed by atoms with Crippen LogP contribution in [0.5, 0.6) is 11.5 Å². The van der Waals surface area contributed by atoms with Gasteiger partial charge in [-0.1, -0.05) is 0 Å². The predicted octanol–water partition coefficient (Wildman–Crippen LogP) is 2.94. The normalized spacial score (nSPS) is 14.0. The molecule has 0 aliphatic heterocycles. The van der Waals surface area contributed by atoms with Crippen LogP contribution in [0.15, 0.2) is 12.1 Å². The number of nitrogens with two attached hydrogens (primary N) is 1. The average molecular weight is 411 g/mol. The van der Waals surface area contributed by atoms with Gasteiger partial charge in [-0.25, -0.2) is 15.2 Å². The number of hydrogen-bond donors (Lipinski definition) is 2. The second kappa shape index (κ2) is 9.07. The molecule has 0 bridgehead atoms. The van der Waals surface area contributed by atoms with E-state index in [0.717, 1.165) is 0 Å². The molecule has 1 atom stereocenters. The Balaban J connectivity index is 2.21. The second-order valence-corrected chi connectivity index (χ2v) is 7.75. The van der Waals surface area contributed by atoms with Gasteiger partial charge in [-0.05, 0) is 12.1 Å². The fourth-order valence-corrected chi connectivity index (χ4v) is 4.19. The summed E-state index contributed by atoms with van der Waals surface area (Å²) in [7, 11) is -0.430. The number of nitrogens with zero attached hydrogens (tertiary/aromatic N) is 2. The molecule has 1 heterocycles. The van der Waals surface area contributed by atoms with Crippen molar-refractivity contribution in [3.8, 4) is 11.5 Å². The molecular weight excluding hydrogens is 390 g/mol. The number of fused-ring (bicyclic) bond motifs is 1. The summed E-state index contributed by atoms with van der Waals surface area (Å²) in [5, 5.41) is 0. The van der Waals surface area contributed by atoms with E-state index in [1.807, 2.05) is 0 Å². The highest BCUT2D eigenvalue weighted by atomic mass is 35.5. The Morgan fingerprint density at radius 2 is 1.80 bits per heavy atom. The SMILES string of the molecule is COc1ccc(OC)c2[nH]c(COP(N)(=O)N(CCCl)CCCl)nc12. The lowest BCUT2D eigenvalue weighted by atomic mass is 10.2. The molecule has 1 unspecified atom stereocenters. The van der Waals surface area contributed by atoms with Crippen LogP contribution in [0.4, 0.5) is 0 Å². The van der Waals surface area contributed by atoms with Gasteiger partial charge in [0, 0.05) is 24.8 Å². The highest BCUT2D eigenvalue weighted by molar-refractivity contribution is 7.53. The maximum atomic E-state index is 12.6. The lowest BCUT2D eigenvalue weighted by Crippen LogP contribution is -2.29. The van der Waals surface area contributed by atoms with Gasteiger partial charge >= 0.3 is 7.67 Å². The third-order valence-electron chi connectivity index (χ3n) is 3.52. The van der Waals surface area contributed by atoms with E-state index in [1.54, 1.807) is 26.4 Å². The number of H-pyrrole nitrogens is 1. The van der Waals surface area contributed by atoms with Gasteiger partial charge in [0.1, 0.15) is 35.0 Å². The largest absolute Gasteiger partial charge is 0.494 e. The second-order valence-electron chi connectivity index (χ2n) is 5.05. The molecule has 0 radical (unpaired) electrons. The molecule has 0 fully saturated rings. The van der Waals surface area contributed by atoms with Crippen LogP contribution in [0.1, 0.15) is 5.82 Å². The monoisotopic (exact) mass is 410 g/mol. The van der Waals surface area contributed by atoms with Gasteiger partial charge in [-0.3, -0.25) is 9.09 Å². The first-order chi connectivity index (χ1) is 12.0. The molecule has 0 aliphatic carbocycles. The van der Waals surface area contributed by atoms with Crippen LogP contribution in [0.25, 0.3) is 11.0 Å². The van der Waals surface area contributed by atoms with Crippen molar-refractivity contribution in [3.05, 3.63) is 18.0 Å². The zero-order valence-corrected chi connectivity index (χ0v) is 16.4. The highest BCUT2D eigenvalue weighted by Gasteiger charge is 2.27. The van der Waals surface area contributed by atoms with Crippen LogP contribution in [0.3, 0.4) is 0 Å². The molecule has 11 heteroatoms. The topological polar surface area (TPSA) is 103 Å². The number of nitrogens with one attached hydrogen (secondary N) is 1. The molecule has 3 N–H and O–H groups in total. The van der Waals surface area contributed by atoms with E-state index in [4.69, 9.17) is 42.7 Å². The van der Waals surface area contributed by atoms with E-state index < -0.39 is 7.67 Å². The Labute approximate surface area is 156 Å². The maximum absolute atomic E-state index is 12.6. The summed E-state index contributed by atoms with van der Waals surface area (Å²) in [6, 6.07) is 3.52. The summed E-state index contributed by atoms with van der Waals surface area (Å²) in [4.78, 5) is 7.49. The van der Waals surface area contributed by atoms with E-state index >= 15 is 0 Å². The van der Waals surface area contributed by atoms with Crippen molar-refractivity contribution in [2.75, 3.05) is 39.1 Å². The first kappa shape index (κ1) is 20.3. The summed E-state index contributed by atoms with van der Waals surface area (Å²) in [6.07, 6.45) is 0. The smallest absolute Gasteiger partial charge is 0.341 e. The molecule has 2 aromatic rings. The number of hydrogen-bond acceptors (Lipinski definition) is 5. The van der Waals surface area contributed by atoms with Gasteiger partial charge in [0.05, 0.1) is 14.2 Å². The van der Waals surface area contributed by atoms with E-state index in [1.165, 1.54) is 4.67 Å². The number of halogens is 2. The summed E-state index contributed by atoms with van der Waals surface area (Å²) in [5.41, 5.74) is 7.08. The van der Waals surface area contributed by atoms with Crippen LogP contribution in [-0.2, 0) is 15.7 Å². The van der Waals surface area contributed by atoms with Gasteiger partial charge < -0.3 is 14.5 Å². The number of methoxy groups -OCH3 is 2. The Morgan fingerprint density at radius 3 is 2.36 bits per heavy atom. The molecule has 1 aromatic heterocycles. The third-order valence-corrected chi connectivity index (χ3v) is 5.55. The number of aromatic amines is 1. The van der Waals surface area contributed by atoms with Crippen LogP contribution in [0.2, 0.25) is 0 Å². The van der Waals surface area contributed by atoms with Crippen molar-refractivity contribution in [2.24, 2.45) is 5.50 Å². The van der Waals surface area contributed by atoms with Gasteiger partial charge in [0.2, 0.25) is 0 Å². The number of ether oxygens (including phenoxy) is 2. The fraction of sp³-hybridized carbons (Fsp3) is 0.500. The van der Waals surface area contributed by atoms with Crippen LogP contribution in [-0.4, -0.2) is 53.7 Å². The molecule has 1 aromatic carbocycles. The fourth-order valence-electron chi connectivity index (χ4n) is 2.32. The standard InChI is InChI=1S/C14H21Cl2N4O4P/c1-22-10-3-4-11(23-2)14-13(10)18-12(19-14)9-24-25(17,21)20(7-5-15)8-6-16/h3-4H,5-9H2,1-2H3,(H2,17,21)(H,18,19). The summed E-state index contributed by atoms with van der Waals surface area (Å²) in [5.74, 6) is 2.16. The lowest BCUT2D eigenvalue weighted by Gasteiger charge is -2.26. The van der Waals surface area contributed by atoms with E-state index in [0.29, 0.717) is 41.4 Å². The number of alkyl halides is 2. The van der Waals surface area contributed by atoms with E-state index in [2.05, 4.69) is 9.97 Å². The highest BCUT2D eigenvalue weighted by Crippen LogP contribution is 2.43. The molecule has 0 spiro atoms. The molecule has 0 aliphatic rings. The molecule has 0 saturated heterocycles. The zero-order valence-electron chi connectivity index (χ0n) is 14.0. The Hall–Kier alpha value is -1.02. The van der Waals surface area contributed by atoms with Gasteiger partial charge in [-0.2, -0.15) is 0 Å². The predicted molar refractivity (Wildman–Crippen MR) is 98.8 cm³/mol. The van der Waals surface area contributed by atoms with Crippen molar-refractivity contribution in [3.63, 3.8) is 0 Å². The van der Waals surface area contributed by atoms with Crippen molar-refractivity contribution in [1.82, 2.24) is 14.6 Å². The number of benzene rings is 1. The lowest BCUT2D eigenvalue weighted by molar-refractivity contribution is 0.251. The minimum absolute atomic E-state index is 0.0736. The minimum atomic E-state index is -3.54. The summed E-state index contributed by atoms with van der Waals surface area (Å²) in [6.45, 7) is 0.545. The first-order valence-electron chi connectivity index (χ1n) is 7.47. The average Bonchev–Trinajstić information content (AvgIpc) is 3.03. The Bertz CT molecular complexity index is 711. The van der Waals surface area contributed by atoms with Crippen LogP contribution >= 0.6 is 30.9 Å². The molecule has 0 saturated carbocycles.